The molecule has 1 amide bonds. The Balaban J connectivity index is 2.33. The number of carbonyl (C=O) groups is 1. The van der Waals surface area contributed by atoms with Gasteiger partial charge in [0.2, 0.25) is 0 Å². The van der Waals surface area contributed by atoms with E-state index in [2.05, 4.69) is 21.9 Å². The molecule has 0 N–H and O–H groups in total. The van der Waals surface area contributed by atoms with Gasteiger partial charge in [0.1, 0.15) is 18.2 Å². The van der Waals surface area contributed by atoms with Gasteiger partial charge in [0.05, 0.1) is 11.6 Å². The first-order valence-corrected chi connectivity index (χ1v) is 8.25. The smallest absolute Gasteiger partial charge is 0.264 e. The minimum absolute atomic E-state index is 0.100. The second-order valence-corrected chi connectivity index (χ2v) is 6.05. The number of halogens is 1. The zero-order valence-corrected chi connectivity index (χ0v) is 14.9. The minimum atomic E-state index is -0.238. The number of carbonyl (C=O) groups excluding carboxylic acids is 1. The van der Waals surface area contributed by atoms with Crippen molar-refractivity contribution < 1.29 is 14.3 Å². The lowest BCUT2D eigenvalue weighted by Gasteiger charge is -2.15. The van der Waals surface area contributed by atoms with Crippen LogP contribution in [0.5, 0.6) is 11.5 Å². The molecule has 0 atom stereocenters. The zero-order chi connectivity index (χ0) is 17.5. The molecule has 0 unspecified atom stereocenters. The quantitative estimate of drug-likeness (QED) is 0.441. The Morgan fingerprint density at radius 3 is 2.75 bits per heavy atom. The fourth-order valence-electron chi connectivity index (χ4n) is 2.48. The summed E-state index contributed by atoms with van der Waals surface area (Å²) in [6, 6.07) is 5.44. The van der Waals surface area contributed by atoms with Crippen LogP contribution in [0.2, 0.25) is 0 Å². The van der Waals surface area contributed by atoms with Gasteiger partial charge in [-0.05, 0) is 52.5 Å². The lowest BCUT2D eigenvalue weighted by Crippen LogP contribution is -2.28. The predicted octanol–water partition coefficient (Wildman–Crippen LogP) is 3.00. The number of methoxy groups -OCH3 is 1. The standard InChI is InChI=1S/C18H17BrN2O3/c1-3-8-24-17-15(19)10-13(11-16(17)23-2)9-14(12-20)18(22)21-6-4-5-7-21/h1,9-11H,4-8H2,2H3/b14-9+. The molecule has 24 heavy (non-hydrogen) atoms. The van der Waals surface area contributed by atoms with E-state index in [4.69, 9.17) is 15.9 Å². The van der Waals surface area contributed by atoms with Gasteiger partial charge in [-0.3, -0.25) is 4.79 Å². The third-order valence-electron chi connectivity index (χ3n) is 3.61. The minimum Gasteiger partial charge on any atom is -0.493 e. The van der Waals surface area contributed by atoms with Crippen molar-refractivity contribution in [3.05, 3.63) is 27.7 Å². The highest BCUT2D eigenvalue weighted by molar-refractivity contribution is 9.10. The molecule has 1 saturated heterocycles. The fraction of sp³-hybridized carbons (Fsp3) is 0.333. The van der Waals surface area contributed by atoms with E-state index >= 15 is 0 Å². The van der Waals surface area contributed by atoms with Crippen molar-refractivity contribution in [2.45, 2.75) is 12.8 Å². The van der Waals surface area contributed by atoms with E-state index in [0.29, 0.717) is 34.6 Å². The van der Waals surface area contributed by atoms with Crippen molar-refractivity contribution in [3.63, 3.8) is 0 Å². The summed E-state index contributed by atoms with van der Waals surface area (Å²) in [5, 5.41) is 9.33. The summed E-state index contributed by atoms with van der Waals surface area (Å²) in [4.78, 5) is 14.1. The van der Waals surface area contributed by atoms with E-state index in [9.17, 15) is 10.1 Å². The molecule has 1 aliphatic rings. The molecule has 124 valence electrons. The Hall–Kier alpha value is -2.44. The lowest BCUT2D eigenvalue weighted by molar-refractivity contribution is -0.125. The molecule has 1 fully saturated rings. The first-order chi connectivity index (χ1) is 11.6. The predicted molar refractivity (Wildman–Crippen MR) is 94.4 cm³/mol. The van der Waals surface area contributed by atoms with Gasteiger partial charge in [0.15, 0.2) is 11.5 Å². The maximum Gasteiger partial charge on any atom is 0.264 e. The first-order valence-electron chi connectivity index (χ1n) is 7.45. The van der Waals surface area contributed by atoms with Gasteiger partial charge in [-0.15, -0.1) is 6.42 Å². The maximum absolute atomic E-state index is 12.4. The number of benzene rings is 1. The van der Waals surface area contributed by atoms with E-state index < -0.39 is 0 Å². The molecule has 1 aromatic rings. The molecule has 0 radical (unpaired) electrons. The molecule has 2 rings (SSSR count). The molecule has 5 nitrogen and oxygen atoms in total. The highest BCUT2D eigenvalue weighted by Crippen LogP contribution is 2.37. The van der Waals surface area contributed by atoms with E-state index in [1.807, 2.05) is 6.07 Å². The van der Waals surface area contributed by atoms with Crippen molar-refractivity contribution in [1.29, 1.82) is 5.26 Å². The normalized spacial score (nSPS) is 14.0. The van der Waals surface area contributed by atoms with Gasteiger partial charge in [0, 0.05) is 13.1 Å². The van der Waals surface area contributed by atoms with Crippen LogP contribution in [0.3, 0.4) is 0 Å². The third-order valence-corrected chi connectivity index (χ3v) is 4.20. The molecule has 1 heterocycles. The number of nitrogens with zero attached hydrogens (tertiary/aromatic N) is 2. The number of nitriles is 1. The highest BCUT2D eigenvalue weighted by Gasteiger charge is 2.21. The Morgan fingerprint density at radius 1 is 1.46 bits per heavy atom. The highest BCUT2D eigenvalue weighted by atomic mass is 79.9. The van der Waals surface area contributed by atoms with Gasteiger partial charge in [0.25, 0.3) is 5.91 Å². The zero-order valence-electron chi connectivity index (χ0n) is 13.3. The van der Waals surface area contributed by atoms with Crippen LogP contribution < -0.4 is 9.47 Å². The fourth-order valence-corrected chi connectivity index (χ4v) is 3.05. The summed E-state index contributed by atoms with van der Waals surface area (Å²) in [7, 11) is 1.51. The molecule has 0 saturated carbocycles. The van der Waals surface area contributed by atoms with Crippen LogP contribution in [0.4, 0.5) is 0 Å². The van der Waals surface area contributed by atoms with Gasteiger partial charge in [-0.25, -0.2) is 0 Å². The van der Waals surface area contributed by atoms with Crippen LogP contribution in [0, 0.1) is 23.7 Å². The number of hydrogen-bond acceptors (Lipinski definition) is 4. The van der Waals surface area contributed by atoms with Crippen molar-refractivity contribution in [1.82, 2.24) is 4.90 Å². The topological polar surface area (TPSA) is 62.6 Å². The second kappa shape index (κ2) is 8.42. The van der Waals surface area contributed by atoms with E-state index in [1.165, 1.54) is 7.11 Å². The number of ether oxygens (including phenoxy) is 2. The van der Waals surface area contributed by atoms with Crippen LogP contribution in [0.25, 0.3) is 6.08 Å². The molecular weight excluding hydrogens is 372 g/mol. The summed E-state index contributed by atoms with van der Waals surface area (Å²) in [5.41, 5.74) is 0.763. The van der Waals surface area contributed by atoms with Crippen LogP contribution in [-0.4, -0.2) is 37.6 Å². The lowest BCUT2D eigenvalue weighted by atomic mass is 10.1. The summed E-state index contributed by atoms with van der Waals surface area (Å²) < 4.78 is 11.4. The number of terminal acetylenes is 1. The molecular formula is C18H17BrN2O3. The average Bonchev–Trinajstić information content (AvgIpc) is 3.12. The Kier molecular flexibility index (Phi) is 6.28. The first kappa shape index (κ1) is 17.9. The largest absolute Gasteiger partial charge is 0.493 e. The number of likely N-dealkylation sites (tertiary alicyclic amines) is 1. The van der Waals surface area contributed by atoms with E-state index in [-0.39, 0.29) is 18.1 Å². The SMILES string of the molecule is C#CCOc1c(Br)cc(/C=C(\C#N)C(=O)N2CCCC2)cc1OC. The van der Waals surface area contributed by atoms with Crippen molar-refractivity contribution >= 4 is 27.9 Å². The van der Waals surface area contributed by atoms with Crippen LogP contribution in [-0.2, 0) is 4.79 Å². The third kappa shape index (κ3) is 4.10. The maximum atomic E-state index is 12.4. The van der Waals surface area contributed by atoms with Crippen molar-refractivity contribution in [2.24, 2.45) is 0 Å². The van der Waals surface area contributed by atoms with Crippen molar-refractivity contribution in [2.75, 3.05) is 26.8 Å². The van der Waals surface area contributed by atoms with E-state index in [1.54, 1.807) is 23.1 Å². The van der Waals surface area contributed by atoms with Gasteiger partial charge < -0.3 is 14.4 Å². The summed E-state index contributed by atoms with van der Waals surface area (Å²) in [6.45, 7) is 1.51. The van der Waals surface area contributed by atoms with Gasteiger partial charge >= 0.3 is 0 Å². The van der Waals surface area contributed by atoms with Crippen molar-refractivity contribution in [3.8, 4) is 29.9 Å². The van der Waals surface area contributed by atoms with Gasteiger partial charge in [-0.2, -0.15) is 5.26 Å². The van der Waals surface area contributed by atoms with Crippen LogP contribution >= 0.6 is 15.9 Å². The molecule has 0 aliphatic carbocycles. The molecule has 1 aromatic carbocycles. The van der Waals surface area contributed by atoms with Gasteiger partial charge in [-0.1, -0.05) is 5.92 Å². The molecule has 1 aliphatic heterocycles. The Bertz CT molecular complexity index is 738. The number of hydrogen-bond donors (Lipinski definition) is 0. The van der Waals surface area contributed by atoms with Crippen LogP contribution in [0.1, 0.15) is 18.4 Å². The Morgan fingerprint density at radius 2 is 2.17 bits per heavy atom. The molecule has 0 bridgehead atoms. The molecule has 6 heteroatoms. The summed E-state index contributed by atoms with van der Waals surface area (Å²) in [5.74, 6) is 3.11. The summed E-state index contributed by atoms with van der Waals surface area (Å²) in [6.07, 6.45) is 8.71. The number of rotatable bonds is 5. The Labute approximate surface area is 150 Å². The summed E-state index contributed by atoms with van der Waals surface area (Å²) >= 11 is 3.40. The molecule has 0 spiro atoms. The van der Waals surface area contributed by atoms with E-state index in [0.717, 1.165) is 12.8 Å². The average molecular weight is 389 g/mol. The molecule has 0 aromatic heterocycles. The number of amides is 1. The monoisotopic (exact) mass is 388 g/mol. The second-order valence-electron chi connectivity index (χ2n) is 5.20. The van der Waals surface area contributed by atoms with Crippen LogP contribution in [0.15, 0.2) is 22.2 Å².